The lowest BCUT2D eigenvalue weighted by molar-refractivity contribution is -0.145. The predicted molar refractivity (Wildman–Crippen MR) is 204 cm³/mol. The van der Waals surface area contributed by atoms with Crippen LogP contribution in [0.5, 0.6) is 17.2 Å². The molecule has 5 aromatic rings. The van der Waals surface area contributed by atoms with Crippen LogP contribution in [0.4, 0.5) is 4.39 Å². The molecular formula is C41H36Cl3FN2O6. The van der Waals surface area contributed by atoms with Crippen LogP contribution in [-0.4, -0.2) is 37.7 Å². The van der Waals surface area contributed by atoms with Gasteiger partial charge in [-0.2, -0.15) is 0 Å². The first-order valence-corrected chi connectivity index (χ1v) is 17.6. The number of carbonyl (C=O) groups excluding carboxylic acids is 2. The monoisotopic (exact) mass is 776 g/mol. The number of rotatable bonds is 10. The summed E-state index contributed by atoms with van der Waals surface area (Å²) in [4.78, 5) is 26.2. The second-order valence-corrected chi connectivity index (χ2v) is 13.5. The molecule has 0 radical (unpaired) electrons. The normalized spacial score (nSPS) is 16.4. The topological polar surface area (TPSA) is 95.1 Å². The molecule has 0 saturated heterocycles. The fourth-order valence-electron chi connectivity index (χ4n) is 6.33. The van der Waals surface area contributed by atoms with Gasteiger partial charge >= 0.3 is 5.97 Å². The van der Waals surface area contributed by atoms with E-state index < -0.39 is 18.1 Å². The molecule has 3 atom stereocenters. The van der Waals surface area contributed by atoms with Crippen molar-refractivity contribution in [3.63, 3.8) is 0 Å². The molecular weight excluding hydrogens is 742 g/mol. The molecule has 2 heterocycles. The van der Waals surface area contributed by atoms with Gasteiger partial charge in [0.25, 0.3) is 0 Å². The molecule has 53 heavy (non-hydrogen) atoms. The highest BCUT2D eigenvalue weighted by molar-refractivity contribution is 6.42. The third-order valence-electron chi connectivity index (χ3n) is 9.22. The number of ether oxygens (including phenoxy) is 4. The maximum atomic E-state index is 13.5. The molecule has 1 unspecified atom stereocenters. The van der Waals surface area contributed by atoms with Crippen LogP contribution in [0, 0.1) is 5.82 Å². The van der Waals surface area contributed by atoms with Crippen molar-refractivity contribution in [3.05, 3.63) is 147 Å². The summed E-state index contributed by atoms with van der Waals surface area (Å²) in [5.74, 6) is 0.827. The number of hydrogen-bond acceptors (Lipinski definition) is 7. The smallest absolute Gasteiger partial charge is 0.328 e. The molecule has 2 aliphatic heterocycles. The molecule has 7 rings (SSSR count). The highest BCUT2D eigenvalue weighted by atomic mass is 35.5. The van der Waals surface area contributed by atoms with E-state index in [9.17, 15) is 14.0 Å². The minimum atomic E-state index is -0.877. The molecule has 274 valence electrons. The van der Waals surface area contributed by atoms with Gasteiger partial charge in [-0.3, -0.25) is 4.79 Å². The van der Waals surface area contributed by atoms with Crippen molar-refractivity contribution >= 4 is 47.5 Å². The van der Waals surface area contributed by atoms with Gasteiger partial charge in [-0.1, -0.05) is 77.8 Å². The van der Waals surface area contributed by atoms with Crippen molar-refractivity contribution in [2.24, 2.45) is 0 Å². The Balaban J connectivity index is 0.00000481. The second-order valence-electron chi connectivity index (χ2n) is 12.7. The Labute approximate surface area is 322 Å². The summed E-state index contributed by atoms with van der Waals surface area (Å²) in [6.45, 7) is 1.12. The maximum Gasteiger partial charge on any atom is 0.328 e. The number of halogens is 4. The fourth-order valence-corrected chi connectivity index (χ4v) is 6.65. The van der Waals surface area contributed by atoms with Crippen molar-refractivity contribution in [1.82, 2.24) is 10.6 Å². The lowest BCUT2D eigenvalue weighted by Crippen LogP contribution is -2.53. The minimum absolute atomic E-state index is 0. The van der Waals surface area contributed by atoms with E-state index in [-0.39, 0.29) is 36.7 Å². The Kier molecular flexibility index (Phi) is 12.1. The van der Waals surface area contributed by atoms with Crippen LogP contribution >= 0.6 is 35.6 Å². The first-order valence-electron chi connectivity index (χ1n) is 16.8. The summed E-state index contributed by atoms with van der Waals surface area (Å²) in [5.41, 5.74) is 6.47. The third-order valence-corrected chi connectivity index (χ3v) is 9.96. The quantitative estimate of drug-likeness (QED) is 0.138. The summed E-state index contributed by atoms with van der Waals surface area (Å²) >= 11 is 12.1. The Morgan fingerprint density at radius 1 is 0.868 bits per heavy atom. The van der Waals surface area contributed by atoms with Crippen molar-refractivity contribution in [2.75, 3.05) is 13.7 Å². The van der Waals surface area contributed by atoms with Crippen LogP contribution in [0.15, 0.2) is 103 Å². The van der Waals surface area contributed by atoms with Crippen molar-refractivity contribution in [3.8, 4) is 28.4 Å². The molecule has 8 nitrogen and oxygen atoms in total. The molecule has 1 amide bonds. The zero-order chi connectivity index (χ0) is 36.2. The summed E-state index contributed by atoms with van der Waals surface area (Å²) in [6.07, 6.45) is 0.351. The fraction of sp³-hybridized carbons (Fsp3) is 0.220. The number of methoxy groups -OCH3 is 1. The van der Waals surface area contributed by atoms with Crippen LogP contribution in [0.2, 0.25) is 10.0 Å². The van der Waals surface area contributed by atoms with Gasteiger partial charge in [0, 0.05) is 13.0 Å². The minimum Gasteiger partial charge on any atom is -0.489 e. The Morgan fingerprint density at radius 2 is 1.55 bits per heavy atom. The van der Waals surface area contributed by atoms with E-state index in [2.05, 4.69) is 10.6 Å². The van der Waals surface area contributed by atoms with E-state index in [0.29, 0.717) is 53.5 Å². The molecule has 0 fully saturated rings. The zero-order valence-corrected chi connectivity index (χ0v) is 30.9. The van der Waals surface area contributed by atoms with Crippen molar-refractivity contribution < 1.29 is 32.9 Å². The Hall–Kier alpha value is -4.80. The molecule has 0 bridgehead atoms. The highest BCUT2D eigenvalue weighted by Crippen LogP contribution is 2.40. The van der Waals surface area contributed by atoms with Gasteiger partial charge in [-0.05, 0) is 93.9 Å². The Morgan fingerprint density at radius 3 is 2.25 bits per heavy atom. The van der Waals surface area contributed by atoms with Gasteiger partial charge in [0.1, 0.15) is 30.8 Å². The average Bonchev–Trinajstić information content (AvgIpc) is 3.17. The van der Waals surface area contributed by atoms with Gasteiger partial charge in [0.05, 0.1) is 23.2 Å². The highest BCUT2D eigenvalue weighted by Gasteiger charge is 2.31. The molecule has 0 aliphatic carbocycles. The molecule has 2 N–H and O–H groups in total. The van der Waals surface area contributed by atoms with E-state index in [0.717, 1.165) is 38.9 Å². The summed E-state index contributed by atoms with van der Waals surface area (Å²) in [5, 5.41) is 7.18. The molecule has 0 aromatic heterocycles. The van der Waals surface area contributed by atoms with Gasteiger partial charge < -0.3 is 29.6 Å². The van der Waals surface area contributed by atoms with Gasteiger partial charge in [-0.15, -0.1) is 12.4 Å². The van der Waals surface area contributed by atoms with Gasteiger partial charge in [0.15, 0.2) is 17.6 Å². The SMILES string of the molecule is COC(=O)[C@H](Cc1ccc(-c2ccc(F)cc2)cc1)NC(=O)C1Cc2cc3c(cc2CN1)O[C@@H](c1ccc(OCc2ccc(Cl)c(Cl)c2)cc1)CO3.Cl. The molecule has 0 saturated carbocycles. The first kappa shape index (κ1) is 37.9. The molecule has 12 heteroatoms. The third kappa shape index (κ3) is 9.05. The van der Waals surface area contributed by atoms with E-state index >= 15 is 0 Å². The number of esters is 1. The van der Waals surface area contributed by atoms with Crippen LogP contribution < -0.4 is 24.8 Å². The maximum absolute atomic E-state index is 13.5. The standard InChI is InChI=1S/C41H35Cl2FN2O6.ClH/c1-49-41(48)36(17-24-2-5-26(6-3-24)27-7-11-31(44)12-8-27)46-40(47)35-18-29-19-37-38(20-30(29)21-45-35)52-39(23-51-37)28-9-13-32(14-10-28)50-22-25-4-15-33(42)34(43)16-25;/h2-16,19-20,35-36,39,45H,17-18,21-23H2,1H3,(H,46,47);1H/t35?,36-,39+;/m0./s1. The number of nitrogens with one attached hydrogen (secondary N) is 2. The first-order chi connectivity index (χ1) is 25.2. The van der Waals surface area contributed by atoms with Gasteiger partial charge in [0.2, 0.25) is 5.91 Å². The lowest BCUT2D eigenvalue weighted by atomic mass is 9.94. The number of benzene rings is 5. The summed E-state index contributed by atoms with van der Waals surface area (Å²) < 4.78 is 36.8. The molecule has 5 aromatic carbocycles. The van der Waals surface area contributed by atoms with Crippen LogP contribution in [-0.2, 0) is 40.3 Å². The number of carbonyl (C=O) groups is 2. The number of amides is 1. The second kappa shape index (κ2) is 16.9. The van der Waals surface area contributed by atoms with Crippen LogP contribution in [0.1, 0.15) is 33.9 Å². The lowest BCUT2D eigenvalue weighted by Gasteiger charge is -2.31. The van der Waals surface area contributed by atoms with E-state index in [1.807, 2.05) is 66.7 Å². The molecule has 0 spiro atoms. The number of fused-ring (bicyclic) bond motifs is 2. The van der Waals surface area contributed by atoms with Crippen LogP contribution in [0.25, 0.3) is 11.1 Å². The van der Waals surface area contributed by atoms with E-state index in [4.69, 9.17) is 42.1 Å². The predicted octanol–water partition coefficient (Wildman–Crippen LogP) is 8.23. The zero-order valence-electron chi connectivity index (χ0n) is 28.6. The Bertz CT molecular complexity index is 2080. The summed E-state index contributed by atoms with van der Waals surface area (Å²) in [7, 11) is 1.30. The van der Waals surface area contributed by atoms with E-state index in [1.54, 1.807) is 24.3 Å². The molecule has 2 aliphatic rings. The van der Waals surface area contributed by atoms with E-state index in [1.165, 1.54) is 19.2 Å². The van der Waals surface area contributed by atoms with Crippen LogP contribution in [0.3, 0.4) is 0 Å². The van der Waals surface area contributed by atoms with Gasteiger partial charge in [-0.25, -0.2) is 9.18 Å². The average molecular weight is 778 g/mol. The largest absolute Gasteiger partial charge is 0.489 e. The van der Waals surface area contributed by atoms with Crippen molar-refractivity contribution in [2.45, 2.75) is 44.2 Å². The summed E-state index contributed by atoms with van der Waals surface area (Å²) in [6, 6.07) is 29.4. The van der Waals surface area contributed by atoms with Crippen molar-refractivity contribution in [1.29, 1.82) is 0 Å². The number of hydrogen-bond donors (Lipinski definition) is 2.